The van der Waals surface area contributed by atoms with Gasteiger partial charge in [-0.3, -0.25) is 9.88 Å². The molecule has 4 nitrogen and oxygen atoms in total. The highest BCUT2D eigenvalue weighted by molar-refractivity contribution is 5.16. The normalized spacial score (nSPS) is 29.7. The fourth-order valence-electron chi connectivity index (χ4n) is 3.56. The number of hydrogen-bond acceptors (Lipinski definition) is 4. The SMILES string of the molecule is NCC(c1ccncc1)N1CCOC2CCCCC21. The Kier molecular flexibility index (Phi) is 4.11. The molecule has 3 atom stereocenters. The van der Waals surface area contributed by atoms with Crippen molar-refractivity contribution in [2.45, 2.75) is 43.9 Å². The van der Waals surface area contributed by atoms with Crippen molar-refractivity contribution in [3.05, 3.63) is 30.1 Å². The van der Waals surface area contributed by atoms with E-state index >= 15 is 0 Å². The first-order valence-corrected chi connectivity index (χ1v) is 7.37. The minimum Gasteiger partial charge on any atom is -0.375 e. The van der Waals surface area contributed by atoms with E-state index in [1.165, 1.54) is 31.2 Å². The van der Waals surface area contributed by atoms with Crippen LogP contribution in [0.4, 0.5) is 0 Å². The molecule has 1 aromatic heterocycles. The number of ether oxygens (including phenoxy) is 1. The minimum absolute atomic E-state index is 0.303. The average Bonchev–Trinajstić information content (AvgIpc) is 2.49. The number of hydrogen-bond donors (Lipinski definition) is 1. The predicted octanol–water partition coefficient (Wildman–Crippen LogP) is 1.72. The van der Waals surface area contributed by atoms with Crippen LogP contribution in [-0.4, -0.2) is 41.7 Å². The maximum absolute atomic E-state index is 6.05. The lowest BCUT2D eigenvalue weighted by molar-refractivity contribution is -0.102. The first-order valence-electron chi connectivity index (χ1n) is 7.37. The summed E-state index contributed by atoms with van der Waals surface area (Å²) in [4.78, 5) is 6.68. The molecule has 1 aliphatic heterocycles. The maximum atomic E-state index is 6.05. The summed E-state index contributed by atoms with van der Waals surface area (Å²) in [5, 5.41) is 0. The van der Waals surface area contributed by atoms with Gasteiger partial charge in [0, 0.05) is 37.6 Å². The van der Waals surface area contributed by atoms with Gasteiger partial charge in [-0.25, -0.2) is 0 Å². The van der Waals surface area contributed by atoms with Crippen molar-refractivity contribution < 1.29 is 4.74 Å². The van der Waals surface area contributed by atoms with Crippen LogP contribution in [0.3, 0.4) is 0 Å². The zero-order valence-corrected chi connectivity index (χ0v) is 11.4. The van der Waals surface area contributed by atoms with Crippen LogP contribution in [0.2, 0.25) is 0 Å². The fraction of sp³-hybridized carbons (Fsp3) is 0.667. The van der Waals surface area contributed by atoms with Gasteiger partial charge in [0.05, 0.1) is 12.7 Å². The molecule has 0 aromatic carbocycles. The molecular formula is C15H23N3O. The van der Waals surface area contributed by atoms with Crippen molar-refractivity contribution in [2.75, 3.05) is 19.7 Å². The smallest absolute Gasteiger partial charge is 0.0731 e. The van der Waals surface area contributed by atoms with E-state index in [-0.39, 0.29) is 0 Å². The number of nitrogens with two attached hydrogens (primary N) is 1. The molecule has 0 amide bonds. The minimum atomic E-state index is 0.303. The van der Waals surface area contributed by atoms with Crippen LogP contribution in [0.15, 0.2) is 24.5 Å². The number of rotatable bonds is 3. The fourth-order valence-corrected chi connectivity index (χ4v) is 3.56. The average molecular weight is 261 g/mol. The topological polar surface area (TPSA) is 51.4 Å². The summed E-state index contributed by atoms with van der Waals surface area (Å²) in [6, 6.07) is 5.03. The molecule has 4 heteroatoms. The zero-order chi connectivity index (χ0) is 13.1. The van der Waals surface area contributed by atoms with Crippen LogP contribution in [0.25, 0.3) is 0 Å². The van der Waals surface area contributed by atoms with Gasteiger partial charge in [0.1, 0.15) is 0 Å². The monoisotopic (exact) mass is 261 g/mol. The molecule has 0 spiro atoms. The van der Waals surface area contributed by atoms with Crippen LogP contribution in [0, 0.1) is 0 Å². The van der Waals surface area contributed by atoms with Gasteiger partial charge in [-0.2, -0.15) is 0 Å². The molecule has 0 radical (unpaired) electrons. The highest BCUT2D eigenvalue weighted by Crippen LogP contribution is 2.33. The van der Waals surface area contributed by atoms with E-state index in [1.807, 2.05) is 12.4 Å². The number of pyridine rings is 1. The van der Waals surface area contributed by atoms with Crippen molar-refractivity contribution >= 4 is 0 Å². The summed E-state index contributed by atoms with van der Waals surface area (Å²) in [6.07, 6.45) is 9.19. The molecule has 104 valence electrons. The molecular weight excluding hydrogens is 238 g/mol. The molecule has 2 aliphatic rings. The Balaban J connectivity index is 1.81. The maximum Gasteiger partial charge on any atom is 0.0731 e. The van der Waals surface area contributed by atoms with Crippen LogP contribution < -0.4 is 5.73 Å². The van der Waals surface area contributed by atoms with Gasteiger partial charge in [0.15, 0.2) is 0 Å². The third-order valence-electron chi connectivity index (χ3n) is 4.49. The second-order valence-electron chi connectivity index (χ2n) is 5.53. The first-order chi connectivity index (χ1) is 9.40. The van der Waals surface area contributed by atoms with E-state index in [1.54, 1.807) is 0 Å². The Bertz CT molecular complexity index is 396. The molecule has 1 saturated heterocycles. The molecule has 0 bridgehead atoms. The van der Waals surface area contributed by atoms with Gasteiger partial charge in [-0.1, -0.05) is 12.8 Å². The van der Waals surface area contributed by atoms with E-state index in [2.05, 4.69) is 22.0 Å². The molecule has 1 aromatic rings. The standard InChI is InChI=1S/C15H23N3O/c16-11-14(12-5-7-17-8-6-12)18-9-10-19-15-4-2-1-3-13(15)18/h5-8,13-15H,1-4,9-11,16H2. The van der Waals surface area contributed by atoms with Gasteiger partial charge < -0.3 is 10.5 Å². The molecule has 1 aliphatic carbocycles. The van der Waals surface area contributed by atoms with E-state index < -0.39 is 0 Å². The Morgan fingerprint density at radius 3 is 2.89 bits per heavy atom. The Morgan fingerprint density at radius 2 is 2.11 bits per heavy atom. The number of morpholine rings is 1. The van der Waals surface area contributed by atoms with Crippen LogP contribution in [0.1, 0.15) is 37.3 Å². The molecule has 3 unspecified atom stereocenters. The van der Waals surface area contributed by atoms with Gasteiger partial charge in [0.2, 0.25) is 0 Å². The van der Waals surface area contributed by atoms with Gasteiger partial charge >= 0.3 is 0 Å². The largest absolute Gasteiger partial charge is 0.375 e. The van der Waals surface area contributed by atoms with Crippen LogP contribution >= 0.6 is 0 Å². The third-order valence-corrected chi connectivity index (χ3v) is 4.49. The van der Waals surface area contributed by atoms with E-state index in [4.69, 9.17) is 10.5 Å². The molecule has 19 heavy (non-hydrogen) atoms. The Morgan fingerprint density at radius 1 is 1.32 bits per heavy atom. The van der Waals surface area contributed by atoms with Gasteiger partial charge in [-0.05, 0) is 30.5 Å². The van der Waals surface area contributed by atoms with E-state index in [0.717, 1.165) is 13.2 Å². The quantitative estimate of drug-likeness (QED) is 0.900. The summed E-state index contributed by atoms with van der Waals surface area (Å²) < 4.78 is 5.95. The number of aromatic nitrogens is 1. The van der Waals surface area contributed by atoms with Crippen molar-refractivity contribution in [1.29, 1.82) is 0 Å². The Hall–Kier alpha value is -0.970. The molecule has 3 rings (SSSR count). The first kappa shape index (κ1) is 13.0. The van der Waals surface area contributed by atoms with Crippen molar-refractivity contribution in [3.8, 4) is 0 Å². The lowest BCUT2D eigenvalue weighted by Crippen LogP contribution is -2.54. The highest BCUT2D eigenvalue weighted by Gasteiger charge is 2.37. The summed E-state index contributed by atoms with van der Waals surface area (Å²) in [6.45, 7) is 2.49. The zero-order valence-electron chi connectivity index (χ0n) is 11.4. The molecule has 2 fully saturated rings. The summed E-state index contributed by atoms with van der Waals surface area (Å²) in [5.74, 6) is 0. The Labute approximate surface area is 115 Å². The second-order valence-corrected chi connectivity index (χ2v) is 5.53. The summed E-state index contributed by atoms with van der Waals surface area (Å²) in [7, 11) is 0. The van der Waals surface area contributed by atoms with Crippen molar-refractivity contribution in [3.63, 3.8) is 0 Å². The van der Waals surface area contributed by atoms with Crippen molar-refractivity contribution in [2.24, 2.45) is 5.73 Å². The van der Waals surface area contributed by atoms with Crippen LogP contribution in [-0.2, 0) is 4.74 Å². The highest BCUT2D eigenvalue weighted by atomic mass is 16.5. The van der Waals surface area contributed by atoms with Crippen molar-refractivity contribution in [1.82, 2.24) is 9.88 Å². The summed E-state index contributed by atoms with van der Waals surface area (Å²) in [5.41, 5.74) is 7.34. The summed E-state index contributed by atoms with van der Waals surface area (Å²) >= 11 is 0. The lowest BCUT2D eigenvalue weighted by Gasteiger charge is -2.47. The van der Waals surface area contributed by atoms with E-state index in [9.17, 15) is 0 Å². The second kappa shape index (κ2) is 5.99. The lowest BCUT2D eigenvalue weighted by atomic mass is 9.88. The van der Waals surface area contributed by atoms with E-state index in [0.29, 0.717) is 24.7 Å². The van der Waals surface area contributed by atoms with Gasteiger partial charge in [-0.15, -0.1) is 0 Å². The van der Waals surface area contributed by atoms with Gasteiger partial charge in [0.25, 0.3) is 0 Å². The third kappa shape index (κ3) is 2.66. The molecule has 2 heterocycles. The molecule has 1 saturated carbocycles. The predicted molar refractivity (Wildman–Crippen MR) is 74.7 cm³/mol. The number of nitrogens with zero attached hydrogens (tertiary/aromatic N) is 2. The molecule has 2 N–H and O–H groups in total. The number of fused-ring (bicyclic) bond motifs is 1. The van der Waals surface area contributed by atoms with Crippen LogP contribution in [0.5, 0.6) is 0 Å².